The van der Waals surface area contributed by atoms with Gasteiger partial charge in [-0.2, -0.15) is 0 Å². The Bertz CT molecular complexity index is 1470. The minimum absolute atomic E-state index is 0.0503. The van der Waals surface area contributed by atoms with E-state index in [-0.39, 0.29) is 12.8 Å². The van der Waals surface area contributed by atoms with Gasteiger partial charge >= 0.3 is 19.8 Å². The highest BCUT2D eigenvalue weighted by molar-refractivity contribution is 7.47. The molecule has 0 aromatic carbocycles. The van der Waals surface area contributed by atoms with Gasteiger partial charge in [-0.3, -0.25) is 18.6 Å². The van der Waals surface area contributed by atoms with Crippen LogP contribution in [0.5, 0.6) is 0 Å². The monoisotopic (exact) mass is 894 g/mol. The van der Waals surface area contributed by atoms with E-state index in [1.807, 2.05) is 61.6 Å². The molecule has 1 rings (SSSR count). The number of aliphatic hydroxyl groups excluding tert-OH is 6. The molecule has 1 fully saturated rings. The summed E-state index contributed by atoms with van der Waals surface area (Å²) < 4.78 is 33.4. The van der Waals surface area contributed by atoms with Gasteiger partial charge in [-0.1, -0.05) is 130 Å². The number of unbranched alkanes of at least 4 members (excludes halogenated alkanes) is 6. The summed E-state index contributed by atoms with van der Waals surface area (Å²) in [5.41, 5.74) is 0. The predicted octanol–water partition coefficient (Wildman–Crippen LogP) is 7.24. The van der Waals surface area contributed by atoms with E-state index in [4.69, 9.17) is 18.5 Å². The van der Waals surface area contributed by atoms with Gasteiger partial charge in [0.25, 0.3) is 0 Å². The van der Waals surface area contributed by atoms with E-state index in [0.717, 1.165) is 70.6 Å². The van der Waals surface area contributed by atoms with Crippen molar-refractivity contribution in [1.29, 1.82) is 0 Å². The maximum Gasteiger partial charge on any atom is 0.472 e. The lowest BCUT2D eigenvalue weighted by atomic mass is 9.85. The SMILES string of the molecule is CC/C=C\C/C=C\C/C=C\CCCCCCCC(=O)O[C@H](COC(=O)CCC/C=C\C/C=C\C/C=C\C=C\CC(O)/C=C\CC)COP(=O)(O)OC1[C@H](O)[C@H](O)C(O)[C@H](O)[C@H]1O. The second-order valence-corrected chi connectivity index (χ2v) is 16.4. The number of hydrogen-bond acceptors (Lipinski definition) is 13. The highest BCUT2D eigenvalue weighted by Crippen LogP contribution is 2.47. The topological polar surface area (TPSA) is 230 Å². The Morgan fingerprint density at radius 1 is 0.581 bits per heavy atom. The number of allylic oxidation sites excluding steroid dienone is 14. The summed E-state index contributed by atoms with van der Waals surface area (Å²) in [5, 5.41) is 59.9. The summed E-state index contributed by atoms with van der Waals surface area (Å²) in [6.45, 7) is 2.86. The zero-order valence-electron chi connectivity index (χ0n) is 36.7. The summed E-state index contributed by atoms with van der Waals surface area (Å²) in [7, 11) is -5.15. The van der Waals surface area contributed by atoms with E-state index >= 15 is 0 Å². The molecular weight excluding hydrogens is 819 g/mol. The molecule has 1 aliphatic carbocycles. The molecule has 62 heavy (non-hydrogen) atoms. The Hall–Kier alpha value is -3.27. The van der Waals surface area contributed by atoms with Crippen molar-refractivity contribution in [2.75, 3.05) is 13.2 Å². The van der Waals surface area contributed by atoms with Gasteiger partial charge in [0.2, 0.25) is 0 Å². The van der Waals surface area contributed by atoms with Crippen molar-refractivity contribution in [3.05, 3.63) is 97.2 Å². The van der Waals surface area contributed by atoms with E-state index in [1.54, 1.807) is 6.08 Å². The third-order valence-electron chi connectivity index (χ3n) is 9.50. The molecule has 0 aromatic rings. The second kappa shape index (κ2) is 36.1. The van der Waals surface area contributed by atoms with Crippen LogP contribution in [-0.2, 0) is 32.7 Å². The van der Waals surface area contributed by atoms with Crippen molar-refractivity contribution in [3.8, 4) is 0 Å². The minimum Gasteiger partial charge on any atom is -0.462 e. The molecule has 0 amide bonds. The van der Waals surface area contributed by atoms with Gasteiger partial charge in [-0.25, -0.2) is 4.57 Å². The van der Waals surface area contributed by atoms with Gasteiger partial charge in [0, 0.05) is 12.8 Å². The molecule has 7 N–H and O–H groups in total. The number of esters is 2. The summed E-state index contributed by atoms with van der Waals surface area (Å²) in [6.07, 6.45) is 30.9. The largest absolute Gasteiger partial charge is 0.472 e. The van der Waals surface area contributed by atoms with Crippen molar-refractivity contribution < 1.29 is 68.2 Å². The first kappa shape index (κ1) is 56.7. The van der Waals surface area contributed by atoms with E-state index in [0.29, 0.717) is 25.7 Å². The van der Waals surface area contributed by atoms with Crippen LogP contribution in [0.2, 0.25) is 0 Å². The minimum atomic E-state index is -5.15. The molecule has 0 heterocycles. The van der Waals surface area contributed by atoms with Crippen LogP contribution in [0.15, 0.2) is 97.2 Å². The van der Waals surface area contributed by atoms with E-state index in [1.165, 1.54) is 0 Å². The summed E-state index contributed by atoms with van der Waals surface area (Å²) in [4.78, 5) is 35.6. The zero-order chi connectivity index (χ0) is 45.9. The fourth-order valence-electron chi connectivity index (χ4n) is 5.94. The van der Waals surface area contributed by atoms with Crippen molar-refractivity contribution >= 4 is 19.8 Å². The van der Waals surface area contributed by atoms with E-state index in [2.05, 4.69) is 43.4 Å². The van der Waals surface area contributed by atoms with Crippen molar-refractivity contribution in [2.45, 2.75) is 172 Å². The molecule has 0 aliphatic heterocycles. The highest BCUT2D eigenvalue weighted by atomic mass is 31.2. The molecule has 1 aliphatic rings. The van der Waals surface area contributed by atoms with Crippen molar-refractivity contribution in [2.24, 2.45) is 0 Å². The molecule has 4 unspecified atom stereocenters. The lowest BCUT2D eigenvalue weighted by Gasteiger charge is -2.41. The second-order valence-electron chi connectivity index (χ2n) is 15.0. The van der Waals surface area contributed by atoms with Gasteiger partial charge in [-0.15, -0.1) is 0 Å². The molecule has 352 valence electrons. The number of ether oxygens (including phenoxy) is 2. The van der Waals surface area contributed by atoms with Crippen LogP contribution in [0, 0.1) is 0 Å². The molecule has 1 saturated carbocycles. The fourth-order valence-corrected chi connectivity index (χ4v) is 6.92. The van der Waals surface area contributed by atoms with Crippen molar-refractivity contribution in [1.82, 2.24) is 0 Å². The lowest BCUT2D eigenvalue weighted by Crippen LogP contribution is -2.64. The molecule has 14 nitrogen and oxygen atoms in total. The van der Waals surface area contributed by atoms with Gasteiger partial charge in [0.1, 0.15) is 43.2 Å². The Morgan fingerprint density at radius 3 is 1.71 bits per heavy atom. The quantitative estimate of drug-likeness (QED) is 0.0111. The summed E-state index contributed by atoms with van der Waals surface area (Å²) in [6, 6.07) is 0. The van der Waals surface area contributed by atoms with Gasteiger partial charge in [-0.05, 0) is 77.0 Å². The highest BCUT2D eigenvalue weighted by Gasteiger charge is 2.51. The molecule has 0 aromatic heterocycles. The van der Waals surface area contributed by atoms with Crippen LogP contribution in [0.3, 0.4) is 0 Å². The van der Waals surface area contributed by atoms with Crippen LogP contribution >= 0.6 is 7.82 Å². The normalized spacial score (nSPS) is 23.3. The Morgan fingerprint density at radius 2 is 1.08 bits per heavy atom. The van der Waals surface area contributed by atoms with Crippen LogP contribution in [0.1, 0.15) is 123 Å². The average molecular weight is 895 g/mol. The predicted molar refractivity (Wildman–Crippen MR) is 240 cm³/mol. The molecule has 0 spiro atoms. The molecule has 15 heteroatoms. The van der Waals surface area contributed by atoms with Gasteiger partial charge in [0.05, 0.1) is 12.7 Å². The van der Waals surface area contributed by atoms with Crippen LogP contribution in [-0.4, -0.2) is 110 Å². The Labute approximate surface area is 369 Å². The Kier molecular flexibility index (Phi) is 33.1. The molecular formula is C47H75O14P. The van der Waals surface area contributed by atoms with Crippen LogP contribution in [0.25, 0.3) is 0 Å². The van der Waals surface area contributed by atoms with E-state index in [9.17, 15) is 49.7 Å². The number of phosphoric acid groups is 1. The third-order valence-corrected chi connectivity index (χ3v) is 10.5. The van der Waals surface area contributed by atoms with Gasteiger partial charge in [0.15, 0.2) is 6.10 Å². The van der Waals surface area contributed by atoms with Crippen molar-refractivity contribution in [3.63, 3.8) is 0 Å². The summed E-state index contributed by atoms with van der Waals surface area (Å²) >= 11 is 0. The number of hydrogen-bond donors (Lipinski definition) is 7. The standard InChI is InChI=1S/C47H75O14P/c1-3-5-7-8-9-10-11-12-13-14-19-22-25-28-31-35-41(50)60-39(37-59-62(56,57)61-47-45(54)43(52)42(51)44(53)46(47)55)36-58-40(49)34-30-27-24-21-18-16-15-17-20-23-26-29-33-38(48)32-6-4-2/h5-7,9-10,12-13,15-16,20-21,23-24,26,29,32,38-39,42-48,51-55H,3-4,8,11,14,17-19,22,25,27-28,30-31,33-37H2,1-2H3,(H,56,57)/b7-5-,10-9-,13-12-,16-15-,23-20-,24-21-,29-26+,32-6-/t38?,39-,42?,43-,44+,45-,46-,47?/m1/s1. The summed E-state index contributed by atoms with van der Waals surface area (Å²) in [5.74, 6) is -1.22. The van der Waals surface area contributed by atoms with Crippen LogP contribution in [0.4, 0.5) is 0 Å². The average Bonchev–Trinajstić information content (AvgIpc) is 3.25. The zero-order valence-corrected chi connectivity index (χ0v) is 37.6. The smallest absolute Gasteiger partial charge is 0.462 e. The number of aliphatic hydroxyl groups is 6. The number of carbonyl (C=O) groups is 2. The number of rotatable bonds is 34. The maximum atomic E-state index is 12.8. The fraction of sp³-hybridized carbons (Fsp3) is 0.617. The molecule has 9 atom stereocenters. The molecule has 0 saturated heterocycles. The first-order chi connectivity index (χ1) is 29.8. The maximum absolute atomic E-state index is 12.8. The number of phosphoric ester groups is 1. The number of carbonyl (C=O) groups excluding carboxylic acids is 2. The Balaban J connectivity index is 2.55. The molecule has 0 radical (unpaired) electrons. The van der Waals surface area contributed by atoms with Gasteiger partial charge < -0.3 is 45.0 Å². The molecule has 0 bridgehead atoms. The van der Waals surface area contributed by atoms with E-state index < -0.39 is 81.8 Å². The first-order valence-corrected chi connectivity index (χ1v) is 23.6. The lowest BCUT2D eigenvalue weighted by molar-refractivity contribution is -0.220. The third kappa shape index (κ3) is 28.4. The van der Waals surface area contributed by atoms with Crippen LogP contribution < -0.4 is 0 Å². The first-order valence-electron chi connectivity index (χ1n) is 22.1.